The van der Waals surface area contributed by atoms with Crippen molar-refractivity contribution in [2.24, 2.45) is 10.8 Å². The van der Waals surface area contributed by atoms with E-state index in [4.69, 9.17) is 0 Å². The summed E-state index contributed by atoms with van der Waals surface area (Å²) >= 11 is 0. The van der Waals surface area contributed by atoms with Gasteiger partial charge in [0, 0.05) is 31.7 Å². The molecule has 1 N–H and O–H groups in total. The third-order valence-electron chi connectivity index (χ3n) is 4.33. The van der Waals surface area contributed by atoms with Crippen LogP contribution in [0, 0.1) is 10.8 Å². The van der Waals surface area contributed by atoms with Gasteiger partial charge in [-0.25, -0.2) is 0 Å². The highest BCUT2D eigenvalue weighted by Gasteiger charge is 2.34. The molecule has 1 fully saturated rings. The van der Waals surface area contributed by atoms with Crippen molar-refractivity contribution in [3.8, 4) is 0 Å². The minimum absolute atomic E-state index is 0.356. The topological polar surface area (TPSA) is 15.3 Å². The van der Waals surface area contributed by atoms with Gasteiger partial charge in [-0.1, -0.05) is 41.5 Å². The molecule has 102 valence electrons. The highest BCUT2D eigenvalue weighted by atomic mass is 15.2. The van der Waals surface area contributed by atoms with E-state index in [2.05, 4.69) is 58.7 Å². The molecule has 2 unspecified atom stereocenters. The highest BCUT2D eigenvalue weighted by Crippen LogP contribution is 2.27. The van der Waals surface area contributed by atoms with E-state index in [0.29, 0.717) is 22.9 Å². The lowest BCUT2D eigenvalue weighted by molar-refractivity contribution is 0.0601. The second-order valence-corrected chi connectivity index (χ2v) is 7.62. The van der Waals surface area contributed by atoms with E-state index in [1.807, 2.05) is 0 Å². The molecule has 1 heterocycles. The normalized spacial score (nSPS) is 28.4. The van der Waals surface area contributed by atoms with Gasteiger partial charge in [-0.05, 0) is 24.2 Å². The van der Waals surface area contributed by atoms with Crippen LogP contribution in [0.3, 0.4) is 0 Å². The van der Waals surface area contributed by atoms with Gasteiger partial charge in [-0.15, -0.1) is 0 Å². The van der Waals surface area contributed by atoms with Gasteiger partial charge in [0.05, 0.1) is 0 Å². The average molecular weight is 240 g/mol. The van der Waals surface area contributed by atoms with Crippen molar-refractivity contribution in [1.82, 2.24) is 10.2 Å². The Hall–Kier alpha value is -0.0800. The molecule has 2 atom stereocenters. The molecule has 0 radical (unpaired) electrons. The van der Waals surface area contributed by atoms with Crippen LogP contribution in [0.1, 0.15) is 54.9 Å². The zero-order valence-corrected chi connectivity index (χ0v) is 12.9. The summed E-state index contributed by atoms with van der Waals surface area (Å²) in [6.45, 7) is 20.0. The molecule has 1 rings (SSSR count). The second-order valence-electron chi connectivity index (χ2n) is 7.62. The molecule has 0 aliphatic carbocycles. The summed E-state index contributed by atoms with van der Waals surface area (Å²) in [4.78, 5) is 2.68. The predicted octanol–water partition coefficient (Wildman–Crippen LogP) is 3.13. The van der Waals surface area contributed by atoms with Gasteiger partial charge in [-0.3, -0.25) is 4.90 Å². The van der Waals surface area contributed by atoms with E-state index in [-0.39, 0.29) is 0 Å². The molecule has 0 aromatic rings. The maximum absolute atomic E-state index is 3.70. The van der Waals surface area contributed by atoms with Crippen molar-refractivity contribution in [3.63, 3.8) is 0 Å². The number of nitrogens with zero attached hydrogens (tertiary/aromatic N) is 1. The number of rotatable bonds is 3. The van der Waals surface area contributed by atoms with E-state index in [1.54, 1.807) is 0 Å². The van der Waals surface area contributed by atoms with E-state index in [0.717, 1.165) is 6.54 Å². The Labute approximate surface area is 108 Å². The summed E-state index contributed by atoms with van der Waals surface area (Å²) in [5.41, 5.74) is 0.794. The van der Waals surface area contributed by atoms with Crippen molar-refractivity contribution in [2.75, 3.05) is 19.6 Å². The van der Waals surface area contributed by atoms with E-state index < -0.39 is 0 Å². The van der Waals surface area contributed by atoms with Gasteiger partial charge in [0.2, 0.25) is 0 Å². The molecular weight excluding hydrogens is 208 g/mol. The van der Waals surface area contributed by atoms with E-state index in [1.165, 1.54) is 19.5 Å². The molecule has 0 aromatic carbocycles. The van der Waals surface area contributed by atoms with Gasteiger partial charge in [0.15, 0.2) is 0 Å². The Kier molecular flexibility index (Phi) is 4.65. The van der Waals surface area contributed by atoms with E-state index >= 15 is 0 Å². The molecule has 0 amide bonds. The number of hydrogen-bond donors (Lipinski definition) is 1. The Bertz CT molecular complexity index is 240. The monoisotopic (exact) mass is 240 g/mol. The third-order valence-corrected chi connectivity index (χ3v) is 4.33. The second kappa shape index (κ2) is 5.27. The molecule has 2 nitrogen and oxygen atoms in total. The smallest absolute Gasteiger partial charge is 0.0244 e. The first-order chi connectivity index (χ1) is 7.65. The molecule has 1 aliphatic heterocycles. The van der Waals surface area contributed by atoms with Gasteiger partial charge >= 0.3 is 0 Å². The summed E-state index contributed by atoms with van der Waals surface area (Å²) in [6.07, 6.45) is 1.25. The van der Waals surface area contributed by atoms with Crippen LogP contribution < -0.4 is 5.32 Å². The van der Waals surface area contributed by atoms with Crippen LogP contribution in [0.5, 0.6) is 0 Å². The average Bonchev–Trinajstić information content (AvgIpc) is 2.19. The minimum atomic E-state index is 0.356. The molecule has 17 heavy (non-hydrogen) atoms. The minimum Gasteiger partial charge on any atom is -0.311 e. The van der Waals surface area contributed by atoms with Crippen molar-refractivity contribution in [1.29, 1.82) is 0 Å². The van der Waals surface area contributed by atoms with Crippen LogP contribution in [-0.2, 0) is 0 Å². The number of nitrogens with one attached hydrogen (secondary N) is 1. The Balaban J connectivity index is 2.64. The maximum Gasteiger partial charge on any atom is 0.0244 e. The van der Waals surface area contributed by atoms with E-state index in [9.17, 15) is 0 Å². The molecule has 0 saturated carbocycles. The molecule has 0 bridgehead atoms. The molecule has 0 aromatic heterocycles. The lowest BCUT2D eigenvalue weighted by Crippen LogP contribution is -2.60. The van der Waals surface area contributed by atoms with Crippen LogP contribution in [0.25, 0.3) is 0 Å². The lowest BCUT2D eigenvalue weighted by atomic mass is 9.83. The fraction of sp³-hybridized carbons (Fsp3) is 1.00. The third kappa shape index (κ3) is 4.26. The van der Waals surface area contributed by atoms with Crippen LogP contribution >= 0.6 is 0 Å². The SMILES string of the molecule is CCC(C)(C)CN1CC(C(C)(C)C)NCC1C. The first-order valence-electron chi connectivity index (χ1n) is 7.13. The standard InChI is InChI=1S/C15H32N2/c1-8-15(6,7)11-17-10-13(14(3,4)5)16-9-12(17)2/h12-13,16H,8-11H2,1-7H3. The first kappa shape index (κ1) is 15.0. The predicted molar refractivity (Wildman–Crippen MR) is 76.4 cm³/mol. The van der Waals surface area contributed by atoms with Gasteiger partial charge in [0.25, 0.3) is 0 Å². The summed E-state index contributed by atoms with van der Waals surface area (Å²) < 4.78 is 0. The largest absolute Gasteiger partial charge is 0.311 e. The lowest BCUT2D eigenvalue weighted by Gasteiger charge is -2.46. The van der Waals surface area contributed by atoms with Gasteiger partial charge in [0.1, 0.15) is 0 Å². The molecule has 1 aliphatic rings. The van der Waals surface area contributed by atoms with Crippen LogP contribution in [-0.4, -0.2) is 36.6 Å². The molecule has 2 heteroatoms. The quantitative estimate of drug-likeness (QED) is 0.815. The van der Waals surface area contributed by atoms with Crippen LogP contribution in [0.15, 0.2) is 0 Å². The van der Waals surface area contributed by atoms with Gasteiger partial charge < -0.3 is 5.32 Å². The van der Waals surface area contributed by atoms with Gasteiger partial charge in [-0.2, -0.15) is 0 Å². The van der Waals surface area contributed by atoms with Crippen LogP contribution in [0.4, 0.5) is 0 Å². The number of piperazine rings is 1. The van der Waals surface area contributed by atoms with Crippen molar-refractivity contribution >= 4 is 0 Å². The number of hydrogen-bond acceptors (Lipinski definition) is 2. The van der Waals surface area contributed by atoms with Crippen molar-refractivity contribution in [3.05, 3.63) is 0 Å². The molecule has 0 spiro atoms. The fourth-order valence-corrected chi connectivity index (χ4v) is 2.38. The zero-order chi connectivity index (χ0) is 13.3. The first-order valence-corrected chi connectivity index (χ1v) is 7.13. The molecule has 1 saturated heterocycles. The Morgan fingerprint density at radius 1 is 1.18 bits per heavy atom. The van der Waals surface area contributed by atoms with Crippen LogP contribution in [0.2, 0.25) is 0 Å². The maximum atomic E-state index is 3.70. The zero-order valence-electron chi connectivity index (χ0n) is 12.9. The summed E-state index contributed by atoms with van der Waals surface area (Å²) in [6, 6.07) is 1.28. The van der Waals surface area contributed by atoms with Crippen molar-refractivity contribution < 1.29 is 0 Å². The summed E-state index contributed by atoms with van der Waals surface area (Å²) in [5.74, 6) is 0. The Morgan fingerprint density at radius 2 is 1.76 bits per heavy atom. The molecular formula is C15H32N2. The summed E-state index contributed by atoms with van der Waals surface area (Å²) in [5, 5.41) is 3.70. The Morgan fingerprint density at radius 3 is 2.24 bits per heavy atom. The highest BCUT2D eigenvalue weighted by molar-refractivity contribution is 4.91. The fourth-order valence-electron chi connectivity index (χ4n) is 2.38. The van der Waals surface area contributed by atoms with Crippen molar-refractivity contribution in [2.45, 2.75) is 67.0 Å². The summed E-state index contributed by atoms with van der Waals surface area (Å²) in [7, 11) is 0.